The lowest BCUT2D eigenvalue weighted by atomic mass is 9.92. The number of nitriles is 1. The molecule has 3 heterocycles. The van der Waals surface area contributed by atoms with E-state index in [9.17, 15) is 33.1 Å². The lowest BCUT2D eigenvalue weighted by molar-refractivity contribution is -0.138. The zero-order valence-corrected chi connectivity index (χ0v) is 26.9. The van der Waals surface area contributed by atoms with Crippen molar-refractivity contribution in [1.29, 1.82) is 5.26 Å². The second kappa shape index (κ2) is 12.4. The molecule has 1 atom stereocenters. The van der Waals surface area contributed by atoms with Crippen LogP contribution in [0, 0.1) is 25.2 Å². The fourth-order valence-electron chi connectivity index (χ4n) is 5.39. The van der Waals surface area contributed by atoms with Crippen LogP contribution in [0.4, 0.5) is 13.2 Å². The number of alkyl halides is 3. The summed E-state index contributed by atoms with van der Waals surface area (Å²) in [6.45, 7) is 4.69. The third-order valence-electron chi connectivity index (χ3n) is 7.77. The number of rotatable bonds is 8. The Morgan fingerprint density at radius 1 is 1.20 bits per heavy atom. The fourth-order valence-corrected chi connectivity index (χ4v) is 6.57. The monoisotopic (exact) mass is 669 g/mol. The highest BCUT2D eigenvalue weighted by Gasteiger charge is 2.38. The molecule has 0 saturated heterocycles. The average molecular weight is 670 g/mol. The molecule has 14 heteroatoms. The van der Waals surface area contributed by atoms with E-state index in [0.717, 1.165) is 6.07 Å². The number of fused-ring (bicyclic) bond motifs is 2. The third-order valence-corrected chi connectivity index (χ3v) is 9.01. The molecule has 9 nitrogen and oxygen atoms in total. The SMILES string of the molecule is Cc1cc(-c2cc(Cl)ccc2OCCn2c(C)nc3cc(C(F)(F)F)c(C(C)N(C)C)c(C#N)c3c2=O)c2scc(C(=O)O)c2n1. The van der Waals surface area contributed by atoms with Crippen molar-refractivity contribution in [2.45, 2.75) is 39.5 Å². The molecule has 1 N–H and O–H groups in total. The van der Waals surface area contributed by atoms with Gasteiger partial charge in [-0.15, -0.1) is 11.3 Å². The van der Waals surface area contributed by atoms with Crippen molar-refractivity contribution in [3.05, 3.63) is 84.9 Å². The van der Waals surface area contributed by atoms with E-state index >= 15 is 0 Å². The van der Waals surface area contributed by atoms with Crippen molar-refractivity contribution < 1.29 is 27.8 Å². The van der Waals surface area contributed by atoms with Crippen molar-refractivity contribution >= 4 is 50.0 Å². The Bertz CT molecular complexity index is 2140. The van der Waals surface area contributed by atoms with Gasteiger partial charge in [0.1, 0.15) is 24.3 Å². The van der Waals surface area contributed by atoms with Crippen LogP contribution < -0.4 is 10.3 Å². The second-order valence-corrected chi connectivity index (χ2v) is 12.2. The van der Waals surface area contributed by atoms with Gasteiger partial charge in [0.15, 0.2) is 0 Å². The van der Waals surface area contributed by atoms with Gasteiger partial charge >= 0.3 is 12.1 Å². The highest BCUT2D eigenvalue weighted by atomic mass is 35.5. The molecular weight excluding hydrogens is 643 g/mol. The first-order chi connectivity index (χ1) is 21.6. The quantitative estimate of drug-likeness (QED) is 0.184. The molecule has 238 valence electrons. The number of hydrogen-bond acceptors (Lipinski definition) is 8. The summed E-state index contributed by atoms with van der Waals surface area (Å²) in [4.78, 5) is 35.8. The lowest BCUT2D eigenvalue weighted by Gasteiger charge is -2.26. The molecule has 0 aliphatic rings. The number of nitrogens with zero attached hydrogens (tertiary/aromatic N) is 5. The zero-order chi connectivity index (χ0) is 33.7. The number of aryl methyl sites for hydroxylation is 2. The summed E-state index contributed by atoms with van der Waals surface area (Å²) < 4.78 is 50.5. The third kappa shape index (κ3) is 5.91. The highest BCUT2D eigenvalue weighted by molar-refractivity contribution is 7.18. The van der Waals surface area contributed by atoms with E-state index in [4.69, 9.17) is 16.3 Å². The van der Waals surface area contributed by atoms with E-state index in [-0.39, 0.29) is 46.6 Å². The molecule has 5 rings (SSSR count). The van der Waals surface area contributed by atoms with E-state index in [2.05, 4.69) is 9.97 Å². The summed E-state index contributed by atoms with van der Waals surface area (Å²) in [7, 11) is 3.18. The van der Waals surface area contributed by atoms with Crippen LogP contribution >= 0.6 is 22.9 Å². The van der Waals surface area contributed by atoms with Crippen molar-refractivity contribution in [3.63, 3.8) is 0 Å². The number of carbonyl (C=O) groups is 1. The molecule has 1 unspecified atom stereocenters. The van der Waals surface area contributed by atoms with Gasteiger partial charge in [-0.1, -0.05) is 11.6 Å². The number of thiophene rings is 1. The van der Waals surface area contributed by atoms with E-state index in [1.54, 1.807) is 45.3 Å². The molecule has 5 aromatic rings. The van der Waals surface area contributed by atoms with Gasteiger partial charge in [0.25, 0.3) is 5.56 Å². The van der Waals surface area contributed by atoms with Gasteiger partial charge in [-0.3, -0.25) is 14.3 Å². The number of carboxylic acids is 1. The van der Waals surface area contributed by atoms with Gasteiger partial charge in [-0.2, -0.15) is 18.4 Å². The number of carboxylic acid groups (broad SMARTS) is 1. The predicted octanol–water partition coefficient (Wildman–Crippen LogP) is 7.23. The number of benzene rings is 2. The predicted molar refractivity (Wildman–Crippen MR) is 170 cm³/mol. The minimum Gasteiger partial charge on any atom is -0.491 e. The lowest BCUT2D eigenvalue weighted by Crippen LogP contribution is -2.29. The summed E-state index contributed by atoms with van der Waals surface area (Å²) in [5.41, 5.74) is -0.294. The molecule has 3 aromatic heterocycles. The summed E-state index contributed by atoms with van der Waals surface area (Å²) in [5, 5.41) is 21.4. The Hall–Kier alpha value is -4.51. The van der Waals surface area contributed by atoms with Crippen LogP contribution in [0.5, 0.6) is 5.75 Å². The summed E-state index contributed by atoms with van der Waals surface area (Å²) in [6.07, 6.45) is -4.77. The van der Waals surface area contributed by atoms with Crippen LogP contribution in [-0.4, -0.2) is 51.2 Å². The molecular formula is C32H27ClF3N5O4S. The average Bonchev–Trinajstić information content (AvgIpc) is 3.41. The molecule has 0 amide bonds. The van der Waals surface area contributed by atoms with Crippen molar-refractivity contribution in [3.8, 4) is 22.9 Å². The van der Waals surface area contributed by atoms with Gasteiger partial charge in [0, 0.05) is 33.3 Å². The van der Waals surface area contributed by atoms with E-state index in [0.29, 0.717) is 37.8 Å². The normalized spacial score (nSPS) is 12.5. The van der Waals surface area contributed by atoms with Crippen molar-refractivity contribution in [2.24, 2.45) is 0 Å². The van der Waals surface area contributed by atoms with Gasteiger partial charge in [-0.25, -0.2) is 9.78 Å². The van der Waals surface area contributed by atoms with Crippen LogP contribution in [0.3, 0.4) is 0 Å². The molecule has 0 fully saturated rings. The standard InChI is InChI=1S/C32H27ClF3N5O4S/c1-15-10-20(29-28(38-15)22(14-46-29)31(43)44)19-11-18(33)6-7-25(19)45-9-8-41-17(3)39-24-12-23(32(34,35)36)26(16(2)40(4)5)21(13-37)27(24)30(41)42/h6-7,10-12,14,16H,8-9H2,1-5H3,(H,43,44). The first kappa shape index (κ1) is 32.9. The maximum atomic E-state index is 14.2. The molecule has 0 saturated carbocycles. The molecule has 46 heavy (non-hydrogen) atoms. The molecule has 2 aromatic carbocycles. The van der Waals surface area contributed by atoms with Gasteiger partial charge < -0.3 is 14.7 Å². The van der Waals surface area contributed by atoms with E-state index in [1.807, 2.05) is 6.07 Å². The molecule has 0 aliphatic carbocycles. The number of halogens is 4. The van der Waals surface area contributed by atoms with Crippen LogP contribution in [0.2, 0.25) is 5.02 Å². The first-order valence-corrected chi connectivity index (χ1v) is 15.2. The Morgan fingerprint density at radius 3 is 2.54 bits per heavy atom. The van der Waals surface area contributed by atoms with Gasteiger partial charge in [-0.05, 0) is 70.8 Å². The van der Waals surface area contributed by atoms with Crippen LogP contribution in [0.25, 0.3) is 32.2 Å². The van der Waals surface area contributed by atoms with Crippen LogP contribution in [-0.2, 0) is 12.7 Å². The van der Waals surface area contributed by atoms with Crippen molar-refractivity contribution in [1.82, 2.24) is 19.4 Å². The minimum atomic E-state index is -4.77. The number of hydrogen-bond donors (Lipinski definition) is 1. The van der Waals surface area contributed by atoms with E-state index < -0.39 is 29.3 Å². The maximum absolute atomic E-state index is 14.2. The number of ether oxygens (including phenoxy) is 1. The van der Waals surface area contributed by atoms with Crippen LogP contribution in [0.1, 0.15) is 51.5 Å². The minimum absolute atomic E-state index is 0.0346. The Kier molecular flexibility index (Phi) is 8.83. The topological polar surface area (TPSA) is 121 Å². The Balaban J connectivity index is 1.56. The Morgan fingerprint density at radius 2 is 1.91 bits per heavy atom. The first-order valence-electron chi connectivity index (χ1n) is 13.9. The summed E-state index contributed by atoms with van der Waals surface area (Å²) >= 11 is 7.58. The second-order valence-electron chi connectivity index (χ2n) is 10.9. The largest absolute Gasteiger partial charge is 0.491 e. The van der Waals surface area contributed by atoms with E-state index in [1.165, 1.54) is 40.0 Å². The number of aromatic nitrogens is 3. The smallest absolute Gasteiger partial charge is 0.416 e. The highest BCUT2D eigenvalue weighted by Crippen LogP contribution is 2.41. The summed E-state index contributed by atoms with van der Waals surface area (Å²) in [5.74, 6) is -0.551. The number of aromatic carboxylic acids is 1. The zero-order valence-electron chi connectivity index (χ0n) is 25.3. The molecule has 0 radical (unpaired) electrons. The molecule has 0 bridgehead atoms. The maximum Gasteiger partial charge on any atom is 0.416 e. The molecule has 0 aliphatic heterocycles. The fraction of sp³-hybridized carbons (Fsp3) is 0.281. The Labute approximate surface area is 270 Å². The van der Waals surface area contributed by atoms with Gasteiger partial charge in [0.05, 0.1) is 44.4 Å². The molecule has 0 spiro atoms. The summed E-state index contributed by atoms with van der Waals surface area (Å²) in [6, 6.07) is 8.63. The van der Waals surface area contributed by atoms with Gasteiger partial charge in [0.2, 0.25) is 0 Å². The number of pyridine rings is 1. The van der Waals surface area contributed by atoms with Crippen molar-refractivity contribution in [2.75, 3.05) is 20.7 Å². The van der Waals surface area contributed by atoms with Crippen LogP contribution in [0.15, 0.2) is 40.5 Å².